The van der Waals surface area contributed by atoms with Crippen LogP contribution in [0.15, 0.2) is 42.7 Å². The molecule has 0 N–H and O–H groups in total. The van der Waals surface area contributed by atoms with Gasteiger partial charge in [0, 0.05) is 54.6 Å². The average Bonchev–Trinajstić information content (AvgIpc) is 3.78. The van der Waals surface area contributed by atoms with Gasteiger partial charge in [-0.15, -0.1) is 0 Å². The summed E-state index contributed by atoms with van der Waals surface area (Å²) in [7, 11) is 0. The molecule has 3 aliphatic heterocycles. The molecule has 3 fully saturated rings. The Balaban J connectivity index is 1.14. The summed E-state index contributed by atoms with van der Waals surface area (Å²) in [6.45, 7) is 5.47. The van der Waals surface area contributed by atoms with Gasteiger partial charge in [-0.2, -0.15) is 0 Å². The molecule has 4 aliphatic rings. The number of likely N-dealkylation sites (tertiary alicyclic amines) is 1. The van der Waals surface area contributed by atoms with Crippen LogP contribution < -0.4 is 9.64 Å². The van der Waals surface area contributed by atoms with Crippen LogP contribution in [0.2, 0.25) is 0 Å². The Bertz CT molecular complexity index is 1320. The number of carbonyl (C=O) groups excluding carboxylic acids is 1. The van der Waals surface area contributed by atoms with Crippen LogP contribution in [0.3, 0.4) is 0 Å². The van der Waals surface area contributed by atoms with Crippen molar-refractivity contribution < 1.29 is 14.3 Å². The van der Waals surface area contributed by atoms with E-state index >= 15 is 0 Å². The first-order valence-electron chi connectivity index (χ1n) is 14.4. The zero-order valence-electron chi connectivity index (χ0n) is 22.0. The van der Waals surface area contributed by atoms with Gasteiger partial charge in [0.1, 0.15) is 0 Å². The zero-order valence-corrected chi connectivity index (χ0v) is 22.0. The van der Waals surface area contributed by atoms with E-state index in [-0.39, 0.29) is 5.91 Å². The first-order valence-corrected chi connectivity index (χ1v) is 14.4. The number of carbonyl (C=O) groups is 1. The lowest BCUT2D eigenvalue weighted by Crippen LogP contribution is -2.44. The zero-order chi connectivity index (χ0) is 25.5. The second-order valence-corrected chi connectivity index (χ2v) is 11.3. The van der Waals surface area contributed by atoms with E-state index in [9.17, 15) is 4.79 Å². The molecule has 38 heavy (non-hydrogen) atoms. The van der Waals surface area contributed by atoms with Gasteiger partial charge in [0.05, 0.1) is 29.4 Å². The average molecular weight is 513 g/mol. The van der Waals surface area contributed by atoms with Crippen LogP contribution >= 0.6 is 0 Å². The highest BCUT2D eigenvalue weighted by Gasteiger charge is 2.55. The van der Waals surface area contributed by atoms with E-state index in [4.69, 9.17) is 14.5 Å². The lowest BCUT2D eigenvalue weighted by molar-refractivity contribution is -0.126. The van der Waals surface area contributed by atoms with Gasteiger partial charge in [-0.3, -0.25) is 9.78 Å². The highest BCUT2D eigenvalue weighted by Crippen LogP contribution is 2.53. The maximum absolute atomic E-state index is 13.9. The minimum absolute atomic E-state index is 0.251. The largest absolute Gasteiger partial charge is 0.478 e. The molecule has 2 saturated heterocycles. The second-order valence-electron chi connectivity index (χ2n) is 11.3. The number of nitrogens with zero attached hydrogens (tertiary/aromatic N) is 4. The quantitative estimate of drug-likeness (QED) is 0.410. The van der Waals surface area contributed by atoms with Crippen molar-refractivity contribution in [1.29, 1.82) is 0 Å². The van der Waals surface area contributed by atoms with E-state index in [1.807, 2.05) is 18.5 Å². The third kappa shape index (κ3) is 4.26. The van der Waals surface area contributed by atoms with E-state index < -0.39 is 5.41 Å². The Hall–Kier alpha value is -3.03. The molecule has 7 nitrogen and oxygen atoms in total. The molecule has 1 spiro atoms. The molecule has 1 aromatic carbocycles. The van der Waals surface area contributed by atoms with Crippen LogP contribution in [0.25, 0.3) is 22.0 Å². The van der Waals surface area contributed by atoms with Crippen molar-refractivity contribution in [3.05, 3.63) is 48.3 Å². The monoisotopic (exact) mass is 512 g/mol. The third-order valence-electron chi connectivity index (χ3n) is 8.86. The fraction of sp³-hybridized carbons (Fsp3) is 0.516. The maximum atomic E-state index is 13.9. The van der Waals surface area contributed by atoms with Gasteiger partial charge < -0.3 is 19.3 Å². The standard InChI is InChI=1S/C31H36N4O3/c36-30-31(11-17-37-18-12-31)29-25-19-22(5-9-26(25)32-21-27(29)35(30)24-7-8-24)23-6-10-28(33-20-23)38-16-4-15-34-13-2-1-3-14-34/h5-6,9-10,19-21,24H,1-4,7-8,11-18H2. The highest BCUT2D eigenvalue weighted by atomic mass is 16.5. The van der Waals surface area contributed by atoms with Gasteiger partial charge in [0.15, 0.2) is 0 Å². The molecule has 5 heterocycles. The van der Waals surface area contributed by atoms with Crippen LogP contribution in [0.4, 0.5) is 5.69 Å². The molecule has 198 valence electrons. The second kappa shape index (κ2) is 9.93. The van der Waals surface area contributed by atoms with Crippen molar-refractivity contribution in [3.8, 4) is 17.0 Å². The number of rotatable bonds is 7. The van der Waals surface area contributed by atoms with Crippen molar-refractivity contribution >= 4 is 22.5 Å². The van der Waals surface area contributed by atoms with E-state index in [1.165, 1.54) is 32.4 Å². The molecule has 0 unspecified atom stereocenters. The predicted octanol–water partition coefficient (Wildman–Crippen LogP) is 5.11. The van der Waals surface area contributed by atoms with Crippen LogP contribution in [-0.4, -0.2) is 66.3 Å². The normalized spacial score (nSPS) is 21.3. The van der Waals surface area contributed by atoms with Crippen molar-refractivity contribution in [3.63, 3.8) is 0 Å². The number of ether oxygens (including phenoxy) is 2. The number of hydrogen-bond donors (Lipinski definition) is 0. The summed E-state index contributed by atoms with van der Waals surface area (Å²) in [6.07, 6.45) is 12.5. The summed E-state index contributed by atoms with van der Waals surface area (Å²) >= 11 is 0. The maximum Gasteiger partial charge on any atom is 0.238 e. The topological polar surface area (TPSA) is 67.8 Å². The number of aromatic nitrogens is 2. The first-order chi connectivity index (χ1) is 18.7. The summed E-state index contributed by atoms with van der Waals surface area (Å²) in [4.78, 5) is 27.8. The van der Waals surface area contributed by atoms with Gasteiger partial charge >= 0.3 is 0 Å². The Labute approximate surface area is 224 Å². The van der Waals surface area contributed by atoms with Crippen molar-refractivity contribution in [2.75, 3.05) is 44.4 Å². The Kier molecular flexibility index (Phi) is 6.28. The van der Waals surface area contributed by atoms with Gasteiger partial charge in [-0.1, -0.05) is 12.5 Å². The molecule has 0 bridgehead atoms. The van der Waals surface area contributed by atoms with Crippen molar-refractivity contribution in [2.24, 2.45) is 0 Å². The van der Waals surface area contributed by atoms with Gasteiger partial charge in [0.25, 0.3) is 0 Å². The predicted molar refractivity (Wildman–Crippen MR) is 148 cm³/mol. The summed E-state index contributed by atoms with van der Waals surface area (Å²) in [6, 6.07) is 10.8. The van der Waals surface area contributed by atoms with Gasteiger partial charge in [-0.25, -0.2) is 4.98 Å². The third-order valence-corrected chi connectivity index (χ3v) is 8.86. The van der Waals surface area contributed by atoms with Crippen molar-refractivity contribution in [1.82, 2.24) is 14.9 Å². The number of amides is 1. The van der Waals surface area contributed by atoms with Gasteiger partial charge in [0.2, 0.25) is 11.8 Å². The highest BCUT2D eigenvalue weighted by molar-refractivity contribution is 6.13. The Morgan fingerprint density at radius 1 is 0.974 bits per heavy atom. The van der Waals surface area contributed by atoms with Crippen LogP contribution in [0, 0.1) is 0 Å². The molecular formula is C31H36N4O3. The molecule has 7 heteroatoms. The molecule has 1 saturated carbocycles. The molecule has 0 radical (unpaired) electrons. The molecule has 7 rings (SSSR count). The number of anilines is 1. The first kappa shape index (κ1) is 24.0. The molecule has 1 aliphatic carbocycles. The SMILES string of the molecule is O=C1N(C2CC2)c2cnc3ccc(-c4ccc(OCCCN5CCCCC5)nc4)cc3c2C12CCOCC2. The minimum atomic E-state index is -0.500. The van der Waals surface area contributed by atoms with E-state index in [0.29, 0.717) is 31.7 Å². The van der Waals surface area contributed by atoms with E-state index in [1.54, 1.807) is 0 Å². The Morgan fingerprint density at radius 2 is 1.79 bits per heavy atom. The van der Waals surface area contributed by atoms with Crippen LogP contribution in [-0.2, 0) is 14.9 Å². The molecular weight excluding hydrogens is 476 g/mol. The number of fused-ring (bicyclic) bond motifs is 4. The molecule has 2 aromatic heterocycles. The van der Waals surface area contributed by atoms with E-state index in [2.05, 4.69) is 39.0 Å². The number of piperidine rings is 1. The summed E-state index contributed by atoms with van der Waals surface area (Å²) in [5, 5.41) is 1.08. The Morgan fingerprint density at radius 3 is 2.55 bits per heavy atom. The summed E-state index contributed by atoms with van der Waals surface area (Å²) in [5.41, 5.74) is 4.72. The summed E-state index contributed by atoms with van der Waals surface area (Å²) < 4.78 is 11.6. The number of hydrogen-bond acceptors (Lipinski definition) is 6. The fourth-order valence-corrected chi connectivity index (χ4v) is 6.66. The van der Waals surface area contributed by atoms with E-state index in [0.717, 1.165) is 71.9 Å². The lowest BCUT2D eigenvalue weighted by Gasteiger charge is -2.33. The smallest absolute Gasteiger partial charge is 0.238 e. The van der Waals surface area contributed by atoms with Gasteiger partial charge in [-0.05, 0) is 81.8 Å². The lowest BCUT2D eigenvalue weighted by atomic mass is 9.74. The number of benzene rings is 1. The van der Waals surface area contributed by atoms with Crippen LogP contribution in [0.1, 0.15) is 56.9 Å². The van der Waals surface area contributed by atoms with Crippen LogP contribution in [0.5, 0.6) is 5.88 Å². The fourth-order valence-electron chi connectivity index (χ4n) is 6.66. The minimum Gasteiger partial charge on any atom is -0.478 e. The number of pyridine rings is 2. The van der Waals surface area contributed by atoms with Crippen molar-refractivity contribution in [2.45, 2.75) is 62.8 Å². The summed E-state index contributed by atoms with van der Waals surface area (Å²) in [5.74, 6) is 0.920. The molecule has 3 aromatic rings. The molecule has 1 amide bonds. The molecule has 0 atom stereocenters.